The van der Waals surface area contributed by atoms with Crippen molar-refractivity contribution >= 4 is 0 Å². The first kappa shape index (κ1) is 8.02. The van der Waals surface area contributed by atoms with Gasteiger partial charge in [-0.1, -0.05) is 13.8 Å². The monoisotopic (exact) mass is 142 g/mol. The number of nitrogens with one attached hydrogen (secondary N) is 1. The van der Waals surface area contributed by atoms with Crippen LogP contribution in [-0.4, -0.2) is 37.1 Å². The first-order valence-electron chi connectivity index (χ1n) is 4.32. The minimum Gasteiger partial charge on any atom is -0.313 e. The van der Waals surface area contributed by atoms with E-state index < -0.39 is 0 Å². The molecule has 0 bridgehead atoms. The maximum absolute atomic E-state index is 3.40. The molecule has 0 spiro atoms. The summed E-state index contributed by atoms with van der Waals surface area (Å²) in [7, 11) is 0. The lowest BCUT2D eigenvalue weighted by atomic mass is 10.1. The molecule has 60 valence electrons. The van der Waals surface area contributed by atoms with Crippen molar-refractivity contribution in [3.63, 3.8) is 0 Å². The second kappa shape index (κ2) is 3.94. The third kappa shape index (κ3) is 1.96. The summed E-state index contributed by atoms with van der Waals surface area (Å²) in [5.41, 5.74) is 0. The zero-order valence-electron chi connectivity index (χ0n) is 7.06. The van der Waals surface area contributed by atoms with Crippen LogP contribution in [-0.2, 0) is 0 Å². The molecule has 1 aliphatic rings. The van der Waals surface area contributed by atoms with Crippen LogP contribution in [0.5, 0.6) is 0 Å². The van der Waals surface area contributed by atoms with E-state index in [-0.39, 0.29) is 0 Å². The zero-order chi connectivity index (χ0) is 7.40. The van der Waals surface area contributed by atoms with E-state index in [0.717, 1.165) is 6.04 Å². The molecule has 1 heterocycles. The summed E-state index contributed by atoms with van der Waals surface area (Å²) in [4.78, 5) is 2.47. The molecule has 2 heteroatoms. The Morgan fingerprint density at radius 1 is 1.40 bits per heavy atom. The van der Waals surface area contributed by atoms with Gasteiger partial charge in [0.05, 0.1) is 0 Å². The topological polar surface area (TPSA) is 15.3 Å². The minimum absolute atomic E-state index is 0.792. The fraction of sp³-hybridized carbons (Fsp3) is 1.00. The Labute approximate surface area is 63.6 Å². The summed E-state index contributed by atoms with van der Waals surface area (Å²) < 4.78 is 0. The molecule has 1 rings (SSSR count). The van der Waals surface area contributed by atoms with Gasteiger partial charge in [0.15, 0.2) is 0 Å². The lowest BCUT2D eigenvalue weighted by Crippen LogP contribution is -2.50. The van der Waals surface area contributed by atoms with Crippen LogP contribution in [0.3, 0.4) is 0 Å². The highest BCUT2D eigenvalue weighted by atomic mass is 15.2. The molecule has 0 aromatic heterocycles. The fourth-order valence-corrected chi connectivity index (χ4v) is 1.30. The summed E-state index contributed by atoms with van der Waals surface area (Å²) in [6, 6.07) is 0.792. The normalized spacial score (nSPS) is 24.9. The summed E-state index contributed by atoms with van der Waals surface area (Å²) >= 11 is 0. The van der Waals surface area contributed by atoms with Crippen LogP contribution in [0.25, 0.3) is 0 Å². The summed E-state index contributed by atoms with van der Waals surface area (Å²) in [5, 5.41) is 3.40. The van der Waals surface area contributed by atoms with Crippen LogP contribution in [0.1, 0.15) is 20.3 Å². The molecule has 1 unspecified atom stereocenters. The third-order valence-corrected chi connectivity index (χ3v) is 2.30. The summed E-state index contributed by atoms with van der Waals surface area (Å²) in [6.45, 7) is 9.30. The van der Waals surface area contributed by atoms with E-state index in [1.807, 2.05) is 0 Å². The third-order valence-electron chi connectivity index (χ3n) is 2.30. The van der Waals surface area contributed by atoms with E-state index in [9.17, 15) is 0 Å². The van der Waals surface area contributed by atoms with E-state index in [1.165, 1.54) is 32.6 Å². The largest absolute Gasteiger partial charge is 0.313 e. The van der Waals surface area contributed by atoms with Gasteiger partial charge in [-0.05, 0) is 26.1 Å². The van der Waals surface area contributed by atoms with E-state index in [1.54, 1.807) is 0 Å². The Hall–Kier alpha value is -0.0800. The van der Waals surface area contributed by atoms with Crippen molar-refractivity contribution in [3.05, 3.63) is 0 Å². The van der Waals surface area contributed by atoms with E-state index >= 15 is 0 Å². The number of hydrogen-bond donors (Lipinski definition) is 1. The Kier molecular flexibility index (Phi) is 3.16. The quantitative estimate of drug-likeness (QED) is 0.621. The predicted molar refractivity (Wildman–Crippen MR) is 44.2 cm³/mol. The van der Waals surface area contributed by atoms with Gasteiger partial charge >= 0.3 is 0 Å². The SMILES string of the molecule is CCN(CC)CC1CCN1. The maximum Gasteiger partial charge on any atom is 0.0207 e. The van der Waals surface area contributed by atoms with Gasteiger partial charge in [-0.3, -0.25) is 0 Å². The second-order valence-corrected chi connectivity index (χ2v) is 2.93. The first-order chi connectivity index (χ1) is 4.86. The molecule has 0 saturated carbocycles. The van der Waals surface area contributed by atoms with Gasteiger partial charge < -0.3 is 10.2 Å². The molecule has 0 aromatic carbocycles. The first-order valence-corrected chi connectivity index (χ1v) is 4.32. The highest BCUT2D eigenvalue weighted by molar-refractivity contribution is 4.79. The average Bonchev–Trinajstić information content (AvgIpc) is 1.87. The van der Waals surface area contributed by atoms with E-state index in [4.69, 9.17) is 0 Å². The standard InChI is InChI=1S/C8H18N2/c1-3-10(4-2)7-8-5-6-9-8/h8-9H,3-7H2,1-2H3. The average molecular weight is 142 g/mol. The van der Waals surface area contributed by atoms with Crippen LogP contribution in [0, 0.1) is 0 Å². The molecule has 1 saturated heterocycles. The number of nitrogens with zero attached hydrogens (tertiary/aromatic N) is 1. The van der Waals surface area contributed by atoms with E-state index in [2.05, 4.69) is 24.1 Å². The molecule has 1 aliphatic heterocycles. The van der Waals surface area contributed by atoms with Crippen molar-refractivity contribution in [3.8, 4) is 0 Å². The summed E-state index contributed by atoms with van der Waals surface area (Å²) in [5.74, 6) is 0. The highest BCUT2D eigenvalue weighted by Crippen LogP contribution is 2.03. The Bertz CT molecular complexity index is 85.3. The van der Waals surface area contributed by atoms with Gasteiger partial charge in [-0.15, -0.1) is 0 Å². The van der Waals surface area contributed by atoms with Gasteiger partial charge in [0.2, 0.25) is 0 Å². The Morgan fingerprint density at radius 2 is 2.00 bits per heavy atom. The van der Waals surface area contributed by atoms with Crippen LogP contribution in [0.4, 0.5) is 0 Å². The number of hydrogen-bond acceptors (Lipinski definition) is 2. The fourth-order valence-electron chi connectivity index (χ4n) is 1.30. The molecule has 0 aliphatic carbocycles. The van der Waals surface area contributed by atoms with Crippen LogP contribution >= 0.6 is 0 Å². The minimum atomic E-state index is 0.792. The van der Waals surface area contributed by atoms with E-state index in [0.29, 0.717) is 0 Å². The van der Waals surface area contributed by atoms with Crippen molar-refractivity contribution in [2.45, 2.75) is 26.3 Å². The molecule has 1 N–H and O–H groups in total. The molecule has 1 fully saturated rings. The van der Waals surface area contributed by atoms with Crippen molar-refractivity contribution in [2.24, 2.45) is 0 Å². The van der Waals surface area contributed by atoms with Gasteiger partial charge in [0.25, 0.3) is 0 Å². The molecule has 10 heavy (non-hydrogen) atoms. The molecule has 0 radical (unpaired) electrons. The molecule has 2 nitrogen and oxygen atoms in total. The van der Waals surface area contributed by atoms with Crippen LogP contribution < -0.4 is 5.32 Å². The zero-order valence-corrected chi connectivity index (χ0v) is 7.06. The maximum atomic E-state index is 3.40. The number of likely N-dealkylation sites (N-methyl/N-ethyl adjacent to an activating group) is 1. The molecule has 1 atom stereocenters. The van der Waals surface area contributed by atoms with Gasteiger partial charge in [0, 0.05) is 12.6 Å². The lowest BCUT2D eigenvalue weighted by Gasteiger charge is -2.32. The lowest BCUT2D eigenvalue weighted by molar-refractivity contribution is 0.224. The van der Waals surface area contributed by atoms with Gasteiger partial charge in [-0.2, -0.15) is 0 Å². The highest BCUT2D eigenvalue weighted by Gasteiger charge is 2.17. The van der Waals surface area contributed by atoms with Crippen molar-refractivity contribution in [1.29, 1.82) is 0 Å². The van der Waals surface area contributed by atoms with Crippen LogP contribution in [0.2, 0.25) is 0 Å². The molecular formula is C8H18N2. The molecule has 0 amide bonds. The second-order valence-electron chi connectivity index (χ2n) is 2.93. The smallest absolute Gasteiger partial charge is 0.0207 e. The van der Waals surface area contributed by atoms with Crippen molar-refractivity contribution < 1.29 is 0 Å². The van der Waals surface area contributed by atoms with Crippen molar-refractivity contribution in [1.82, 2.24) is 10.2 Å². The summed E-state index contributed by atoms with van der Waals surface area (Å²) in [6.07, 6.45) is 1.37. The molecular weight excluding hydrogens is 124 g/mol. The Morgan fingerprint density at radius 3 is 2.30 bits per heavy atom. The molecule has 0 aromatic rings. The van der Waals surface area contributed by atoms with Gasteiger partial charge in [-0.25, -0.2) is 0 Å². The van der Waals surface area contributed by atoms with Crippen molar-refractivity contribution in [2.75, 3.05) is 26.2 Å². The predicted octanol–water partition coefficient (Wildman–Crippen LogP) is 0.690. The van der Waals surface area contributed by atoms with Crippen LogP contribution in [0.15, 0.2) is 0 Å². The number of rotatable bonds is 4. The Balaban J connectivity index is 2.08. The van der Waals surface area contributed by atoms with Gasteiger partial charge in [0.1, 0.15) is 0 Å².